The third kappa shape index (κ3) is 2.59. The van der Waals surface area contributed by atoms with E-state index in [1.807, 2.05) is 0 Å². The minimum atomic E-state index is 0.416. The zero-order valence-electron chi connectivity index (χ0n) is 10.5. The van der Waals surface area contributed by atoms with Crippen LogP contribution < -0.4 is 5.32 Å². The highest BCUT2D eigenvalue weighted by Crippen LogP contribution is 2.31. The fraction of sp³-hybridized carbons (Fsp3) is 0.857. The summed E-state index contributed by atoms with van der Waals surface area (Å²) >= 11 is 0. The van der Waals surface area contributed by atoms with E-state index < -0.39 is 0 Å². The average Bonchev–Trinajstić information content (AvgIpc) is 2.32. The lowest BCUT2D eigenvalue weighted by Gasteiger charge is -2.49. The van der Waals surface area contributed by atoms with Crippen LogP contribution in [0.5, 0.6) is 0 Å². The summed E-state index contributed by atoms with van der Waals surface area (Å²) in [6, 6.07) is 0.640. The highest BCUT2D eigenvalue weighted by Gasteiger charge is 2.38. The Kier molecular flexibility index (Phi) is 3.89. The molecular weight excluding hydrogens is 196 g/mol. The maximum absolute atomic E-state index is 5.37. The van der Waals surface area contributed by atoms with E-state index in [0.29, 0.717) is 11.6 Å². The highest BCUT2D eigenvalue weighted by atomic mass is 15.2. The first-order valence-corrected chi connectivity index (χ1v) is 6.68. The number of nitrogens with one attached hydrogen (secondary N) is 1. The van der Waals surface area contributed by atoms with E-state index in [9.17, 15) is 0 Å². The second-order valence-corrected chi connectivity index (χ2v) is 5.50. The largest absolute Gasteiger partial charge is 0.308 e. The zero-order valence-corrected chi connectivity index (χ0v) is 10.5. The Balaban J connectivity index is 1.95. The third-order valence-corrected chi connectivity index (χ3v) is 4.26. The van der Waals surface area contributed by atoms with E-state index in [2.05, 4.69) is 23.1 Å². The van der Waals surface area contributed by atoms with E-state index in [-0.39, 0.29) is 0 Å². The molecule has 0 aromatic rings. The average molecular weight is 220 g/mol. The molecule has 1 spiro atoms. The first kappa shape index (κ1) is 12.0. The van der Waals surface area contributed by atoms with Crippen LogP contribution >= 0.6 is 0 Å². The summed E-state index contributed by atoms with van der Waals surface area (Å²) in [7, 11) is 0. The Bertz CT molecular complexity index is 260. The Morgan fingerprint density at radius 3 is 2.81 bits per heavy atom. The van der Waals surface area contributed by atoms with Crippen LogP contribution in [-0.4, -0.2) is 36.1 Å². The topological polar surface area (TPSA) is 15.3 Å². The molecule has 1 saturated carbocycles. The molecule has 2 fully saturated rings. The van der Waals surface area contributed by atoms with Crippen LogP contribution in [0.2, 0.25) is 0 Å². The number of hydrogen-bond acceptors (Lipinski definition) is 2. The van der Waals surface area contributed by atoms with E-state index in [4.69, 9.17) is 6.42 Å². The van der Waals surface area contributed by atoms with Gasteiger partial charge in [0.2, 0.25) is 0 Å². The van der Waals surface area contributed by atoms with Gasteiger partial charge in [-0.15, -0.1) is 12.3 Å². The summed E-state index contributed by atoms with van der Waals surface area (Å²) in [5, 5.41) is 3.80. The van der Waals surface area contributed by atoms with E-state index in [1.165, 1.54) is 38.6 Å². The van der Waals surface area contributed by atoms with Crippen molar-refractivity contribution in [2.24, 2.45) is 0 Å². The third-order valence-electron chi connectivity index (χ3n) is 4.26. The predicted molar refractivity (Wildman–Crippen MR) is 68.3 cm³/mol. The van der Waals surface area contributed by atoms with E-state index in [1.54, 1.807) is 0 Å². The summed E-state index contributed by atoms with van der Waals surface area (Å²) in [6.45, 7) is 5.71. The smallest absolute Gasteiger partial charge is 0.0309 e. The van der Waals surface area contributed by atoms with Crippen LogP contribution in [0.25, 0.3) is 0 Å². The van der Waals surface area contributed by atoms with Gasteiger partial charge in [0, 0.05) is 37.6 Å². The Labute approximate surface area is 99.8 Å². The van der Waals surface area contributed by atoms with Crippen molar-refractivity contribution in [3.8, 4) is 12.3 Å². The summed E-state index contributed by atoms with van der Waals surface area (Å²) in [6.07, 6.45) is 13.2. The first-order chi connectivity index (χ1) is 7.76. The van der Waals surface area contributed by atoms with Gasteiger partial charge in [-0.1, -0.05) is 19.3 Å². The van der Waals surface area contributed by atoms with Crippen LogP contribution in [0.4, 0.5) is 0 Å². The van der Waals surface area contributed by atoms with Crippen LogP contribution in [0.3, 0.4) is 0 Å². The lowest BCUT2D eigenvalue weighted by molar-refractivity contribution is 0.0646. The summed E-state index contributed by atoms with van der Waals surface area (Å²) in [5.41, 5.74) is 0.416. The van der Waals surface area contributed by atoms with Gasteiger partial charge in [-0.3, -0.25) is 4.90 Å². The standard InChI is InChI=1S/C14H24N2/c1-3-4-10-16-12-14(15-11-13(16)2)8-6-5-7-9-14/h1,13,15H,4-12H2,2H3. The molecule has 2 rings (SSSR count). The molecule has 1 heterocycles. The minimum absolute atomic E-state index is 0.416. The molecule has 1 unspecified atom stereocenters. The Morgan fingerprint density at radius 1 is 1.38 bits per heavy atom. The minimum Gasteiger partial charge on any atom is -0.308 e. The van der Waals surface area contributed by atoms with Crippen LogP contribution in [0.15, 0.2) is 0 Å². The van der Waals surface area contributed by atoms with Crippen molar-refractivity contribution >= 4 is 0 Å². The molecule has 2 nitrogen and oxygen atoms in total. The summed E-state index contributed by atoms with van der Waals surface area (Å²) < 4.78 is 0. The predicted octanol–water partition coefficient (Wildman–Crippen LogP) is 2.01. The molecule has 0 bridgehead atoms. The van der Waals surface area contributed by atoms with Crippen molar-refractivity contribution in [3.05, 3.63) is 0 Å². The van der Waals surface area contributed by atoms with E-state index in [0.717, 1.165) is 19.5 Å². The highest BCUT2D eigenvalue weighted by molar-refractivity contribution is 4.99. The molecule has 16 heavy (non-hydrogen) atoms. The Hall–Kier alpha value is -0.520. The zero-order chi connectivity index (χ0) is 11.4. The van der Waals surface area contributed by atoms with Crippen molar-refractivity contribution in [1.82, 2.24) is 10.2 Å². The van der Waals surface area contributed by atoms with Gasteiger partial charge in [0.1, 0.15) is 0 Å². The molecule has 90 valence electrons. The van der Waals surface area contributed by atoms with Crippen molar-refractivity contribution < 1.29 is 0 Å². The van der Waals surface area contributed by atoms with Gasteiger partial charge in [0.05, 0.1) is 0 Å². The molecular formula is C14H24N2. The number of piperazine rings is 1. The van der Waals surface area contributed by atoms with Gasteiger partial charge in [-0.25, -0.2) is 0 Å². The first-order valence-electron chi connectivity index (χ1n) is 6.68. The fourth-order valence-corrected chi connectivity index (χ4v) is 3.16. The van der Waals surface area contributed by atoms with Gasteiger partial charge >= 0.3 is 0 Å². The lowest BCUT2D eigenvalue weighted by atomic mass is 9.79. The molecule has 1 aliphatic heterocycles. The van der Waals surface area contributed by atoms with E-state index >= 15 is 0 Å². The quantitative estimate of drug-likeness (QED) is 0.716. The maximum Gasteiger partial charge on any atom is 0.0309 e. The number of hydrogen-bond donors (Lipinski definition) is 1. The van der Waals surface area contributed by atoms with Crippen molar-refractivity contribution in [2.75, 3.05) is 19.6 Å². The number of nitrogens with zero attached hydrogens (tertiary/aromatic N) is 1. The molecule has 1 atom stereocenters. The summed E-state index contributed by atoms with van der Waals surface area (Å²) in [4.78, 5) is 2.58. The van der Waals surface area contributed by atoms with Crippen molar-refractivity contribution in [1.29, 1.82) is 0 Å². The second kappa shape index (κ2) is 5.21. The summed E-state index contributed by atoms with van der Waals surface area (Å²) in [5.74, 6) is 2.76. The van der Waals surface area contributed by atoms with Crippen LogP contribution in [0, 0.1) is 12.3 Å². The molecule has 1 aliphatic carbocycles. The van der Waals surface area contributed by atoms with Gasteiger partial charge in [0.15, 0.2) is 0 Å². The molecule has 2 heteroatoms. The van der Waals surface area contributed by atoms with Crippen molar-refractivity contribution in [3.63, 3.8) is 0 Å². The molecule has 1 N–H and O–H groups in total. The van der Waals surface area contributed by atoms with Crippen LogP contribution in [0.1, 0.15) is 45.4 Å². The SMILES string of the molecule is C#CCCN1CC2(CCCCC2)NCC1C. The van der Waals surface area contributed by atoms with Gasteiger partial charge in [-0.2, -0.15) is 0 Å². The molecule has 2 aliphatic rings. The lowest BCUT2D eigenvalue weighted by Crippen LogP contribution is -2.64. The number of terminal acetylenes is 1. The molecule has 0 amide bonds. The fourth-order valence-electron chi connectivity index (χ4n) is 3.16. The maximum atomic E-state index is 5.37. The van der Waals surface area contributed by atoms with Gasteiger partial charge in [0.25, 0.3) is 0 Å². The van der Waals surface area contributed by atoms with Crippen LogP contribution in [-0.2, 0) is 0 Å². The molecule has 0 aromatic heterocycles. The van der Waals surface area contributed by atoms with Crippen molar-refractivity contribution in [2.45, 2.75) is 57.0 Å². The van der Waals surface area contributed by atoms with Gasteiger partial charge < -0.3 is 5.32 Å². The van der Waals surface area contributed by atoms with Gasteiger partial charge in [-0.05, 0) is 19.8 Å². The molecule has 0 aromatic carbocycles. The monoisotopic (exact) mass is 220 g/mol. The Morgan fingerprint density at radius 2 is 2.12 bits per heavy atom. The normalized spacial score (nSPS) is 30.1. The molecule has 0 radical (unpaired) electrons. The molecule has 1 saturated heterocycles. The second-order valence-electron chi connectivity index (χ2n) is 5.50. The number of rotatable bonds is 2.